The summed E-state index contributed by atoms with van der Waals surface area (Å²) in [6.07, 6.45) is 0. The Morgan fingerprint density at radius 2 is 1.71 bits per heavy atom. The van der Waals surface area contributed by atoms with Crippen molar-refractivity contribution in [3.63, 3.8) is 0 Å². The lowest BCUT2D eigenvalue weighted by molar-refractivity contribution is -0.115. The second kappa shape index (κ2) is 6.75. The van der Waals surface area contributed by atoms with Gasteiger partial charge in [0.05, 0.1) is 13.7 Å². The number of benzene rings is 2. The smallest absolute Gasteiger partial charge is 0.253 e. The van der Waals surface area contributed by atoms with E-state index in [4.69, 9.17) is 4.74 Å². The molecule has 0 fully saturated rings. The molecule has 0 saturated heterocycles. The van der Waals surface area contributed by atoms with Crippen LogP contribution in [0.15, 0.2) is 66.7 Å². The number of rotatable bonds is 5. The quantitative estimate of drug-likeness (QED) is 0.780. The van der Waals surface area contributed by atoms with Gasteiger partial charge in [-0.15, -0.1) is 0 Å². The molecule has 0 unspecified atom stereocenters. The Morgan fingerprint density at radius 1 is 1.10 bits per heavy atom. The van der Waals surface area contributed by atoms with Crippen molar-refractivity contribution in [1.29, 1.82) is 0 Å². The molecule has 0 N–H and O–H groups in total. The largest absolute Gasteiger partial charge is 0.497 e. The number of anilines is 1. The maximum absolute atomic E-state index is 12.4. The second-order valence-electron chi connectivity index (χ2n) is 4.86. The number of methoxy groups -OCH3 is 1. The van der Waals surface area contributed by atoms with Crippen LogP contribution in [-0.2, 0) is 11.3 Å². The molecule has 2 rings (SSSR count). The normalized spacial score (nSPS) is 10.0. The Balaban J connectivity index is 2.31. The first kappa shape index (κ1) is 14.9. The van der Waals surface area contributed by atoms with E-state index >= 15 is 0 Å². The first-order chi connectivity index (χ1) is 10.1. The summed E-state index contributed by atoms with van der Waals surface area (Å²) in [5.41, 5.74) is 2.41. The first-order valence-electron chi connectivity index (χ1n) is 6.77. The SMILES string of the molecule is C=C(C)C(=O)N(Cc1ccccc1)c1ccc(OC)cc1. The van der Waals surface area contributed by atoms with Gasteiger partial charge in [-0.3, -0.25) is 4.79 Å². The fraction of sp³-hybridized carbons (Fsp3) is 0.167. The molecule has 0 bridgehead atoms. The molecule has 3 nitrogen and oxygen atoms in total. The zero-order chi connectivity index (χ0) is 15.2. The molecule has 2 aromatic carbocycles. The average Bonchev–Trinajstić information content (AvgIpc) is 2.53. The number of hydrogen-bond acceptors (Lipinski definition) is 2. The second-order valence-corrected chi connectivity index (χ2v) is 4.86. The van der Waals surface area contributed by atoms with Gasteiger partial charge in [0.1, 0.15) is 5.75 Å². The lowest BCUT2D eigenvalue weighted by atomic mass is 10.1. The molecule has 0 radical (unpaired) electrons. The van der Waals surface area contributed by atoms with Crippen molar-refractivity contribution in [2.24, 2.45) is 0 Å². The molecule has 0 spiro atoms. The lowest BCUT2D eigenvalue weighted by Gasteiger charge is -2.23. The van der Waals surface area contributed by atoms with Crippen LogP contribution in [0.1, 0.15) is 12.5 Å². The monoisotopic (exact) mass is 281 g/mol. The highest BCUT2D eigenvalue weighted by Gasteiger charge is 2.16. The molecule has 0 aliphatic carbocycles. The van der Waals surface area contributed by atoms with E-state index in [1.54, 1.807) is 18.9 Å². The number of nitrogens with zero attached hydrogens (tertiary/aromatic N) is 1. The molecule has 0 atom stereocenters. The van der Waals surface area contributed by atoms with Gasteiger partial charge in [0.25, 0.3) is 5.91 Å². The topological polar surface area (TPSA) is 29.5 Å². The Kier molecular flexibility index (Phi) is 4.77. The molecule has 0 aliphatic rings. The highest BCUT2D eigenvalue weighted by Crippen LogP contribution is 2.22. The molecule has 0 saturated carbocycles. The van der Waals surface area contributed by atoms with E-state index in [1.807, 2.05) is 54.6 Å². The zero-order valence-electron chi connectivity index (χ0n) is 12.4. The predicted octanol–water partition coefficient (Wildman–Crippen LogP) is 3.80. The van der Waals surface area contributed by atoms with Gasteiger partial charge in [-0.25, -0.2) is 0 Å². The van der Waals surface area contributed by atoms with Gasteiger partial charge in [-0.05, 0) is 36.8 Å². The summed E-state index contributed by atoms with van der Waals surface area (Å²) in [7, 11) is 1.62. The summed E-state index contributed by atoms with van der Waals surface area (Å²) in [4.78, 5) is 14.1. The Hall–Kier alpha value is -2.55. The van der Waals surface area contributed by atoms with Crippen molar-refractivity contribution in [3.8, 4) is 5.75 Å². The summed E-state index contributed by atoms with van der Waals surface area (Å²) in [5, 5.41) is 0. The molecular formula is C18H19NO2. The summed E-state index contributed by atoms with van der Waals surface area (Å²) < 4.78 is 5.15. The summed E-state index contributed by atoms with van der Waals surface area (Å²) >= 11 is 0. The molecular weight excluding hydrogens is 262 g/mol. The van der Waals surface area contributed by atoms with Crippen molar-refractivity contribution in [3.05, 3.63) is 72.3 Å². The summed E-state index contributed by atoms with van der Waals surface area (Å²) in [6, 6.07) is 17.3. The zero-order valence-corrected chi connectivity index (χ0v) is 12.4. The van der Waals surface area contributed by atoms with Crippen LogP contribution in [-0.4, -0.2) is 13.0 Å². The molecule has 2 aromatic rings. The van der Waals surface area contributed by atoms with E-state index in [2.05, 4.69) is 6.58 Å². The van der Waals surface area contributed by atoms with Crippen molar-refractivity contribution < 1.29 is 9.53 Å². The van der Waals surface area contributed by atoms with Gasteiger partial charge in [0.2, 0.25) is 0 Å². The third-order valence-electron chi connectivity index (χ3n) is 3.18. The maximum Gasteiger partial charge on any atom is 0.253 e. The minimum atomic E-state index is -0.0796. The van der Waals surface area contributed by atoms with E-state index < -0.39 is 0 Å². The lowest BCUT2D eigenvalue weighted by Crippen LogP contribution is -2.30. The number of carbonyl (C=O) groups is 1. The number of ether oxygens (including phenoxy) is 1. The fourth-order valence-electron chi connectivity index (χ4n) is 2.04. The van der Waals surface area contributed by atoms with Crippen LogP contribution in [0.2, 0.25) is 0 Å². The van der Waals surface area contributed by atoms with Gasteiger partial charge >= 0.3 is 0 Å². The van der Waals surface area contributed by atoms with E-state index in [-0.39, 0.29) is 5.91 Å². The average molecular weight is 281 g/mol. The predicted molar refractivity (Wildman–Crippen MR) is 85.4 cm³/mol. The Labute approximate surface area is 125 Å². The number of amides is 1. The highest BCUT2D eigenvalue weighted by atomic mass is 16.5. The van der Waals surface area contributed by atoms with Crippen molar-refractivity contribution >= 4 is 11.6 Å². The van der Waals surface area contributed by atoms with Crippen LogP contribution in [0.25, 0.3) is 0 Å². The van der Waals surface area contributed by atoms with Gasteiger partial charge in [0.15, 0.2) is 0 Å². The van der Waals surface area contributed by atoms with E-state index in [0.717, 1.165) is 17.0 Å². The molecule has 1 amide bonds. The molecule has 21 heavy (non-hydrogen) atoms. The van der Waals surface area contributed by atoms with Crippen LogP contribution in [0.4, 0.5) is 5.69 Å². The number of carbonyl (C=O) groups excluding carboxylic acids is 1. The van der Waals surface area contributed by atoms with Crippen molar-refractivity contribution in [2.45, 2.75) is 13.5 Å². The van der Waals surface area contributed by atoms with Crippen LogP contribution in [0.5, 0.6) is 5.75 Å². The van der Waals surface area contributed by atoms with Gasteiger partial charge in [-0.1, -0.05) is 36.9 Å². The molecule has 108 valence electrons. The van der Waals surface area contributed by atoms with Crippen molar-refractivity contribution in [1.82, 2.24) is 0 Å². The minimum Gasteiger partial charge on any atom is -0.497 e. The van der Waals surface area contributed by atoms with Crippen molar-refractivity contribution in [2.75, 3.05) is 12.0 Å². The highest BCUT2D eigenvalue weighted by molar-refractivity contribution is 6.04. The van der Waals surface area contributed by atoms with Gasteiger partial charge in [0, 0.05) is 11.3 Å². The van der Waals surface area contributed by atoms with Gasteiger partial charge in [-0.2, -0.15) is 0 Å². The van der Waals surface area contributed by atoms with E-state index in [0.29, 0.717) is 12.1 Å². The van der Waals surface area contributed by atoms with Crippen LogP contribution < -0.4 is 9.64 Å². The number of hydrogen-bond donors (Lipinski definition) is 0. The molecule has 0 aliphatic heterocycles. The Bertz CT molecular complexity index is 617. The fourth-order valence-corrected chi connectivity index (χ4v) is 2.04. The minimum absolute atomic E-state index is 0.0796. The van der Waals surface area contributed by atoms with Crippen LogP contribution in [0.3, 0.4) is 0 Å². The van der Waals surface area contributed by atoms with E-state index in [9.17, 15) is 4.79 Å². The summed E-state index contributed by atoms with van der Waals surface area (Å²) in [5.74, 6) is 0.685. The summed E-state index contributed by atoms with van der Waals surface area (Å²) in [6.45, 7) is 6.00. The third kappa shape index (κ3) is 3.72. The first-order valence-corrected chi connectivity index (χ1v) is 6.77. The van der Waals surface area contributed by atoms with E-state index in [1.165, 1.54) is 0 Å². The maximum atomic E-state index is 12.4. The van der Waals surface area contributed by atoms with Crippen LogP contribution in [0, 0.1) is 0 Å². The van der Waals surface area contributed by atoms with Gasteiger partial charge < -0.3 is 9.64 Å². The molecule has 0 aromatic heterocycles. The Morgan fingerprint density at radius 3 is 2.24 bits per heavy atom. The third-order valence-corrected chi connectivity index (χ3v) is 3.18. The molecule has 3 heteroatoms. The standard InChI is InChI=1S/C18H19NO2/c1-14(2)18(20)19(13-15-7-5-4-6-8-15)16-9-11-17(21-3)12-10-16/h4-12H,1,13H2,2-3H3. The molecule has 0 heterocycles. The van der Waals surface area contributed by atoms with Crippen LogP contribution >= 0.6 is 0 Å².